The Balaban J connectivity index is 1.62. The predicted octanol–water partition coefficient (Wildman–Crippen LogP) is 3.17. The highest BCUT2D eigenvalue weighted by molar-refractivity contribution is 7.13. The average Bonchev–Trinajstić information content (AvgIpc) is 3.41. The van der Waals surface area contributed by atoms with Gasteiger partial charge in [0.15, 0.2) is 5.13 Å². The van der Waals surface area contributed by atoms with Crippen molar-refractivity contribution in [2.45, 2.75) is 12.8 Å². The lowest BCUT2D eigenvalue weighted by atomic mass is 9.94. The van der Waals surface area contributed by atoms with Gasteiger partial charge in [-0.25, -0.2) is 9.67 Å². The first-order chi connectivity index (χ1) is 13.3. The van der Waals surface area contributed by atoms with Gasteiger partial charge in [-0.05, 0) is 36.5 Å². The van der Waals surface area contributed by atoms with Crippen molar-refractivity contribution in [1.82, 2.24) is 20.0 Å². The zero-order chi connectivity index (χ0) is 18.5. The SMILES string of the molecule is O=C(Nc1nccs1)C(=CC1CCOCC1)c1ccc(-n2ccnn2)cc1. The number of hydrogen-bond acceptors (Lipinski definition) is 6. The van der Waals surface area contributed by atoms with Crippen LogP contribution in [0, 0.1) is 5.92 Å². The van der Waals surface area contributed by atoms with Crippen molar-refractivity contribution in [2.75, 3.05) is 18.5 Å². The first-order valence-electron chi connectivity index (χ1n) is 8.77. The topological polar surface area (TPSA) is 81.9 Å². The third kappa shape index (κ3) is 4.29. The largest absolute Gasteiger partial charge is 0.381 e. The molecule has 0 unspecified atom stereocenters. The third-order valence-corrected chi connectivity index (χ3v) is 5.12. The molecule has 4 rings (SSSR count). The molecule has 0 spiro atoms. The maximum atomic E-state index is 12.9. The van der Waals surface area contributed by atoms with Crippen LogP contribution in [0.2, 0.25) is 0 Å². The minimum atomic E-state index is -0.148. The standard InChI is InChI=1S/C19H19N5O2S/c25-18(22-19-20-8-12-27-19)17(13-14-5-10-26-11-6-14)15-1-3-16(4-2-15)24-9-7-21-23-24/h1-4,7-9,12-14H,5-6,10-11H2,(H,20,22,25). The summed E-state index contributed by atoms with van der Waals surface area (Å²) in [7, 11) is 0. The van der Waals surface area contributed by atoms with Gasteiger partial charge in [-0.15, -0.1) is 16.4 Å². The molecule has 3 heterocycles. The summed E-state index contributed by atoms with van der Waals surface area (Å²) in [6.07, 6.45) is 9.00. The number of hydrogen-bond donors (Lipinski definition) is 1. The summed E-state index contributed by atoms with van der Waals surface area (Å²) >= 11 is 1.40. The molecule has 1 aliphatic heterocycles. The molecule has 1 N–H and O–H groups in total. The van der Waals surface area contributed by atoms with Crippen LogP contribution in [0.5, 0.6) is 0 Å². The molecule has 0 atom stereocenters. The van der Waals surface area contributed by atoms with Crippen LogP contribution in [0.15, 0.2) is 54.3 Å². The number of aromatic nitrogens is 4. The Morgan fingerprint density at radius 3 is 2.70 bits per heavy atom. The van der Waals surface area contributed by atoms with E-state index >= 15 is 0 Å². The van der Waals surface area contributed by atoms with Crippen LogP contribution in [0.4, 0.5) is 5.13 Å². The summed E-state index contributed by atoms with van der Waals surface area (Å²) in [5.74, 6) is 0.177. The fourth-order valence-corrected chi connectivity index (χ4v) is 3.53. The number of carbonyl (C=O) groups excluding carboxylic acids is 1. The number of carbonyl (C=O) groups is 1. The molecule has 7 nitrogen and oxygen atoms in total. The molecule has 0 aliphatic carbocycles. The molecule has 0 saturated carbocycles. The van der Waals surface area contributed by atoms with Crippen LogP contribution in [-0.4, -0.2) is 39.1 Å². The van der Waals surface area contributed by atoms with Crippen LogP contribution in [-0.2, 0) is 9.53 Å². The number of rotatable bonds is 5. The van der Waals surface area contributed by atoms with Gasteiger partial charge in [-0.1, -0.05) is 23.4 Å². The van der Waals surface area contributed by atoms with Crippen LogP contribution in [0.25, 0.3) is 11.3 Å². The molecule has 0 bridgehead atoms. The molecule has 1 saturated heterocycles. The van der Waals surface area contributed by atoms with Gasteiger partial charge in [0.05, 0.1) is 18.1 Å². The van der Waals surface area contributed by atoms with Gasteiger partial charge in [0, 0.05) is 30.4 Å². The van der Waals surface area contributed by atoms with E-state index in [4.69, 9.17) is 4.74 Å². The van der Waals surface area contributed by atoms with E-state index in [-0.39, 0.29) is 5.91 Å². The number of benzene rings is 1. The lowest BCUT2D eigenvalue weighted by molar-refractivity contribution is -0.111. The monoisotopic (exact) mass is 381 g/mol. The van der Waals surface area contributed by atoms with Gasteiger partial charge in [0.25, 0.3) is 5.91 Å². The molecule has 1 fully saturated rings. The Labute approximate surface area is 160 Å². The lowest BCUT2D eigenvalue weighted by Gasteiger charge is -2.20. The predicted molar refractivity (Wildman–Crippen MR) is 104 cm³/mol. The number of allylic oxidation sites excluding steroid dienone is 1. The van der Waals surface area contributed by atoms with Gasteiger partial charge in [-0.3, -0.25) is 10.1 Å². The molecule has 1 aliphatic rings. The number of nitrogens with zero attached hydrogens (tertiary/aromatic N) is 4. The molecule has 1 amide bonds. The smallest absolute Gasteiger partial charge is 0.257 e. The number of anilines is 1. The quantitative estimate of drug-likeness (QED) is 0.687. The Kier molecular flexibility index (Phi) is 5.36. The Bertz CT molecular complexity index is 898. The van der Waals surface area contributed by atoms with E-state index in [1.807, 2.05) is 29.6 Å². The van der Waals surface area contributed by atoms with Gasteiger partial charge >= 0.3 is 0 Å². The van der Waals surface area contributed by atoms with E-state index in [1.54, 1.807) is 23.3 Å². The van der Waals surface area contributed by atoms with Gasteiger partial charge in [-0.2, -0.15) is 0 Å². The maximum Gasteiger partial charge on any atom is 0.257 e. The Morgan fingerprint density at radius 2 is 2.04 bits per heavy atom. The summed E-state index contributed by atoms with van der Waals surface area (Å²) in [6.45, 7) is 1.46. The van der Waals surface area contributed by atoms with E-state index in [9.17, 15) is 4.79 Å². The fraction of sp³-hybridized carbons (Fsp3) is 0.263. The van der Waals surface area contributed by atoms with Crippen LogP contribution < -0.4 is 5.32 Å². The van der Waals surface area contributed by atoms with Crippen molar-refractivity contribution in [2.24, 2.45) is 5.92 Å². The lowest BCUT2D eigenvalue weighted by Crippen LogP contribution is -2.18. The molecule has 3 aromatic rings. The maximum absolute atomic E-state index is 12.9. The van der Waals surface area contributed by atoms with Crippen molar-refractivity contribution in [1.29, 1.82) is 0 Å². The van der Waals surface area contributed by atoms with Crippen molar-refractivity contribution < 1.29 is 9.53 Å². The van der Waals surface area contributed by atoms with Crippen molar-refractivity contribution >= 4 is 27.9 Å². The Morgan fingerprint density at radius 1 is 1.22 bits per heavy atom. The first kappa shape index (κ1) is 17.6. The minimum absolute atomic E-state index is 0.148. The number of amides is 1. The van der Waals surface area contributed by atoms with Crippen molar-refractivity contribution in [3.63, 3.8) is 0 Å². The number of thiazole rings is 1. The Hall–Kier alpha value is -2.84. The summed E-state index contributed by atoms with van der Waals surface area (Å²) in [4.78, 5) is 17.1. The second kappa shape index (κ2) is 8.24. The summed E-state index contributed by atoms with van der Waals surface area (Å²) < 4.78 is 7.12. The summed E-state index contributed by atoms with van der Waals surface area (Å²) in [5.41, 5.74) is 2.41. The second-order valence-electron chi connectivity index (χ2n) is 6.22. The second-order valence-corrected chi connectivity index (χ2v) is 7.11. The van der Waals surface area contributed by atoms with Gasteiger partial charge in [0.2, 0.25) is 0 Å². The minimum Gasteiger partial charge on any atom is -0.381 e. The molecular weight excluding hydrogens is 362 g/mol. The van der Waals surface area contributed by atoms with Crippen molar-refractivity contribution in [3.8, 4) is 5.69 Å². The highest BCUT2D eigenvalue weighted by atomic mass is 32.1. The third-order valence-electron chi connectivity index (χ3n) is 4.43. The van der Waals surface area contributed by atoms with Crippen LogP contribution in [0.3, 0.4) is 0 Å². The number of nitrogens with one attached hydrogen (secondary N) is 1. The van der Waals surface area contributed by atoms with Gasteiger partial charge < -0.3 is 4.74 Å². The highest BCUT2D eigenvalue weighted by Gasteiger charge is 2.18. The first-order valence-corrected chi connectivity index (χ1v) is 9.65. The average molecular weight is 381 g/mol. The van der Waals surface area contributed by atoms with E-state index in [0.29, 0.717) is 16.6 Å². The normalized spacial score (nSPS) is 15.6. The van der Waals surface area contributed by atoms with Crippen LogP contribution >= 0.6 is 11.3 Å². The zero-order valence-electron chi connectivity index (χ0n) is 14.6. The van der Waals surface area contributed by atoms with E-state index < -0.39 is 0 Å². The molecule has 1 aromatic carbocycles. The summed E-state index contributed by atoms with van der Waals surface area (Å²) in [5, 5.41) is 13.1. The summed E-state index contributed by atoms with van der Waals surface area (Å²) in [6, 6.07) is 7.73. The van der Waals surface area contributed by atoms with Gasteiger partial charge in [0.1, 0.15) is 0 Å². The molecule has 138 valence electrons. The molecule has 8 heteroatoms. The van der Waals surface area contributed by atoms with E-state index in [1.165, 1.54) is 11.3 Å². The van der Waals surface area contributed by atoms with E-state index in [0.717, 1.165) is 37.3 Å². The van der Waals surface area contributed by atoms with E-state index in [2.05, 4.69) is 26.7 Å². The molecule has 27 heavy (non-hydrogen) atoms. The molecule has 2 aromatic heterocycles. The number of ether oxygens (including phenoxy) is 1. The van der Waals surface area contributed by atoms with Crippen LogP contribution in [0.1, 0.15) is 18.4 Å². The highest BCUT2D eigenvalue weighted by Crippen LogP contribution is 2.25. The fourth-order valence-electron chi connectivity index (χ4n) is 3.01. The zero-order valence-corrected chi connectivity index (χ0v) is 15.4. The molecule has 0 radical (unpaired) electrons. The van der Waals surface area contributed by atoms with Crippen molar-refractivity contribution in [3.05, 3.63) is 59.9 Å². The molecular formula is C19H19N5O2S.